The minimum atomic E-state index is -4.61. The average molecular weight is 375 g/mol. The second-order valence-corrected chi connectivity index (χ2v) is 5.83. The summed E-state index contributed by atoms with van der Waals surface area (Å²) in [5, 5.41) is 3.47. The van der Waals surface area contributed by atoms with Crippen LogP contribution in [0.2, 0.25) is 0 Å². The molecule has 0 unspecified atom stereocenters. The molecule has 1 aromatic carbocycles. The van der Waals surface area contributed by atoms with Gasteiger partial charge in [0.1, 0.15) is 11.9 Å². The van der Waals surface area contributed by atoms with Crippen LogP contribution in [0.5, 0.6) is 0 Å². The number of hydrogen-bond donors (Lipinski definition) is 2. The number of benzene rings is 1. The highest BCUT2D eigenvalue weighted by atomic mass is 19.4. The Morgan fingerprint density at radius 2 is 1.96 bits per heavy atom. The minimum absolute atomic E-state index is 0.0341. The summed E-state index contributed by atoms with van der Waals surface area (Å²) in [6.45, 7) is 2.37. The largest absolute Gasteiger partial charge is 0.419 e. The van der Waals surface area contributed by atoms with Gasteiger partial charge in [-0.15, -0.1) is 0 Å². The smallest absolute Gasteiger partial charge is 0.396 e. The van der Waals surface area contributed by atoms with Gasteiger partial charge in [-0.25, -0.2) is 15.0 Å². The van der Waals surface area contributed by atoms with Crippen molar-refractivity contribution in [3.05, 3.63) is 48.2 Å². The number of nitrogens with two attached hydrogens (primary N) is 1. The van der Waals surface area contributed by atoms with E-state index in [2.05, 4.69) is 20.3 Å². The summed E-state index contributed by atoms with van der Waals surface area (Å²) in [5.74, 6) is -0.431. The first-order valence-electron chi connectivity index (χ1n) is 8.17. The molecule has 0 radical (unpaired) electrons. The Hall–Kier alpha value is -3.23. The molecule has 0 aliphatic rings. The van der Waals surface area contributed by atoms with Gasteiger partial charge in [0.2, 0.25) is 0 Å². The molecule has 0 fully saturated rings. The van der Waals surface area contributed by atoms with E-state index < -0.39 is 17.6 Å². The quantitative estimate of drug-likeness (QED) is 0.729. The van der Waals surface area contributed by atoms with Gasteiger partial charge in [0.05, 0.1) is 11.4 Å². The molecule has 0 atom stereocenters. The molecule has 3 N–H and O–H groups in total. The summed E-state index contributed by atoms with van der Waals surface area (Å²) in [7, 11) is 0. The number of carbonyl (C=O) groups excluding carboxylic acids is 1. The van der Waals surface area contributed by atoms with Crippen molar-refractivity contribution in [3.63, 3.8) is 0 Å². The van der Waals surface area contributed by atoms with Crippen molar-refractivity contribution in [3.8, 4) is 11.3 Å². The summed E-state index contributed by atoms with van der Waals surface area (Å²) >= 11 is 0. The van der Waals surface area contributed by atoms with Gasteiger partial charge in [-0.3, -0.25) is 4.79 Å². The van der Waals surface area contributed by atoms with Crippen LogP contribution in [-0.4, -0.2) is 27.4 Å². The van der Waals surface area contributed by atoms with Gasteiger partial charge in [-0.05, 0) is 6.42 Å². The van der Waals surface area contributed by atoms with Crippen molar-refractivity contribution in [1.82, 2.24) is 20.3 Å². The Balaban J connectivity index is 2.18. The molecular weight excluding hydrogens is 359 g/mol. The number of carbonyl (C=O) groups is 1. The highest BCUT2D eigenvalue weighted by Crippen LogP contribution is 2.38. The zero-order valence-corrected chi connectivity index (χ0v) is 14.3. The first-order valence-corrected chi connectivity index (χ1v) is 8.17. The second-order valence-electron chi connectivity index (χ2n) is 5.83. The zero-order valence-electron chi connectivity index (χ0n) is 14.3. The monoisotopic (exact) mass is 375 g/mol. The molecule has 0 saturated carbocycles. The average Bonchev–Trinajstić information content (AvgIpc) is 2.65. The molecule has 0 aliphatic carbocycles. The van der Waals surface area contributed by atoms with Gasteiger partial charge in [0.25, 0.3) is 5.91 Å². The lowest BCUT2D eigenvalue weighted by molar-refractivity contribution is -0.137. The molecule has 0 bridgehead atoms. The lowest BCUT2D eigenvalue weighted by Crippen LogP contribution is -2.26. The number of nitrogen functional groups attached to an aromatic ring is 1. The molecule has 0 saturated heterocycles. The number of pyridine rings is 1. The van der Waals surface area contributed by atoms with E-state index in [1.165, 1.54) is 12.3 Å². The Kier molecular flexibility index (Phi) is 4.93. The maximum absolute atomic E-state index is 13.3. The van der Waals surface area contributed by atoms with Crippen LogP contribution in [0.15, 0.2) is 36.9 Å². The van der Waals surface area contributed by atoms with Crippen LogP contribution in [0, 0.1) is 0 Å². The summed E-state index contributed by atoms with van der Waals surface area (Å²) in [6.07, 6.45) is -0.754. The van der Waals surface area contributed by atoms with E-state index in [0.717, 1.165) is 18.9 Å². The van der Waals surface area contributed by atoms with Crippen molar-refractivity contribution < 1.29 is 18.0 Å². The van der Waals surface area contributed by atoms with Gasteiger partial charge in [0.15, 0.2) is 5.69 Å². The SMILES string of the molecule is CCCNC(=O)c1ncc2c(-c3ncncc3C(F)(F)F)cccc2c1N. The second kappa shape index (κ2) is 7.18. The number of fused-ring (bicyclic) bond motifs is 1. The standard InChI is InChI=1S/C18H16F3N5O/c1-2-6-24-17(27)16-14(22)10-4-3-5-11(12(10)7-25-16)15-13(18(19,20)21)8-23-9-26-15/h3-5,7-9H,2,6,22H2,1H3,(H,24,27). The number of halogens is 3. The van der Waals surface area contributed by atoms with E-state index in [4.69, 9.17) is 5.73 Å². The lowest BCUT2D eigenvalue weighted by Gasteiger charge is -2.14. The molecule has 0 aliphatic heterocycles. The van der Waals surface area contributed by atoms with Crippen molar-refractivity contribution in [2.75, 3.05) is 12.3 Å². The van der Waals surface area contributed by atoms with E-state index in [9.17, 15) is 18.0 Å². The van der Waals surface area contributed by atoms with Gasteiger partial charge in [0, 0.05) is 35.3 Å². The van der Waals surface area contributed by atoms with E-state index >= 15 is 0 Å². The van der Waals surface area contributed by atoms with Crippen molar-refractivity contribution >= 4 is 22.4 Å². The Bertz CT molecular complexity index is 1000. The van der Waals surface area contributed by atoms with Crippen LogP contribution in [0.1, 0.15) is 29.4 Å². The van der Waals surface area contributed by atoms with Gasteiger partial charge in [-0.1, -0.05) is 25.1 Å². The number of hydrogen-bond acceptors (Lipinski definition) is 5. The number of nitrogens with one attached hydrogen (secondary N) is 1. The maximum atomic E-state index is 13.3. The van der Waals surface area contributed by atoms with Crippen LogP contribution in [0.3, 0.4) is 0 Å². The van der Waals surface area contributed by atoms with Crippen LogP contribution in [0.4, 0.5) is 18.9 Å². The van der Waals surface area contributed by atoms with Crippen molar-refractivity contribution in [2.24, 2.45) is 0 Å². The summed E-state index contributed by atoms with van der Waals surface area (Å²) in [5.41, 5.74) is 5.20. The number of amides is 1. The third-order valence-electron chi connectivity index (χ3n) is 4.00. The molecule has 2 heterocycles. The van der Waals surface area contributed by atoms with Crippen LogP contribution < -0.4 is 11.1 Å². The third kappa shape index (κ3) is 3.53. The molecule has 6 nitrogen and oxygen atoms in total. The normalized spacial score (nSPS) is 11.6. The lowest BCUT2D eigenvalue weighted by atomic mass is 9.99. The van der Waals surface area contributed by atoms with Crippen LogP contribution >= 0.6 is 0 Å². The number of anilines is 1. The number of aromatic nitrogens is 3. The summed E-state index contributed by atoms with van der Waals surface area (Å²) < 4.78 is 40.0. The van der Waals surface area contributed by atoms with Gasteiger partial charge < -0.3 is 11.1 Å². The van der Waals surface area contributed by atoms with Gasteiger partial charge in [-0.2, -0.15) is 13.2 Å². The van der Waals surface area contributed by atoms with E-state index in [1.54, 1.807) is 12.1 Å². The molecule has 3 aromatic rings. The summed E-state index contributed by atoms with van der Waals surface area (Å²) in [6, 6.07) is 4.68. The summed E-state index contributed by atoms with van der Waals surface area (Å²) in [4.78, 5) is 23.6. The van der Waals surface area contributed by atoms with E-state index in [0.29, 0.717) is 17.3 Å². The molecule has 27 heavy (non-hydrogen) atoms. The van der Waals surface area contributed by atoms with Crippen LogP contribution in [-0.2, 0) is 6.18 Å². The zero-order chi connectivity index (χ0) is 19.6. The Morgan fingerprint density at radius 1 is 1.19 bits per heavy atom. The fourth-order valence-corrected chi connectivity index (χ4v) is 2.73. The molecule has 2 aromatic heterocycles. The van der Waals surface area contributed by atoms with Crippen molar-refractivity contribution in [2.45, 2.75) is 19.5 Å². The van der Waals surface area contributed by atoms with Crippen LogP contribution in [0.25, 0.3) is 22.0 Å². The molecule has 9 heteroatoms. The highest BCUT2D eigenvalue weighted by molar-refractivity contribution is 6.09. The molecular formula is C18H16F3N5O. The number of nitrogens with zero attached hydrogens (tertiary/aromatic N) is 3. The van der Waals surface area contributed by atoms with E-state index in [-0.39, 0.29) is 22.6 Å². The Labute approximate surface area is 152 Å². The maximum Gasteiger partial charge on any atom is 0.419 e. The predicted molar refractivity (Wildman–Crippen MR) is 94.8 cm³/mol. The van der Waals surface area contributed by atoms with Gasteiger partial charge >= 0.3 is 6.18 Å². The molecule has 1 amide bonds. The molecule has 0 spiro atoms. The Morgan fingerprint density at radius 3 is 2.67 bits per heavy atom. The number of rotatable bonds is 4. The third-order valence-corrected chi connectivity index (χ3v) is 4.00. The first-order chi connectivity index (χ1) is 12.8. The topological polar surface area (TPSA) is 93.8 Å². The molecule has 3 rings (SSSR count). The first kappa shape index (κ1) is 18.6. The van der Waals surface area contributed by atoms with Crippen molar-refractivity contribution in [1.29, 1.82) is 0 Å². The highest BCUT2D eigenvalue weighted by Gasteiger charge is 2.35. The molecule has 140 valence electrons. The fourth-order valence-electron chi connectivity index (χ4n) is 2.73. The van der Waals surface area contributed by atoms with E-state index in [1.807, 2.05) is 6.92 Å². The minimum Gasteiger partial charge on any atom is -0.396 e. The predicted octanol–water partition coefficient (Wildman–Crippen LogP) is 3.43. The number of alkyl halides is 3. The fraction of sp³-hybridized carbons (Fsp3) is 0.222.